The van der Waals surface area contributed by atoms with Gasteiger partial charge < -0.3 is 23.7 Å². The molecule has 0 spiro atoms. The molecule has 0 bridgehead atoms. The lowest BCUT2D eigenvalue weighted by Gasteiger charge is -2.44. The van der Waals surface area contributed by atoms with E-state index in [0.29, 0.717) is 0 Å². The third-order valence-corrected chi connectivity index (χ3v) is 4.78. The van der Waals surface area contributed by atoms with Crippen LogP contribution in [0.1, 0.15) is 41.0 Å². The van der Waals surface area contributed by atoms with Gasteiger partial charge in [-0.25, -0.2) is 9.32 Å². The van der Waals surface area contributed by atoms with Crippen molar-refractivity contribution in [2.45, 2.75) is 82.8 Å². The second kappa shape index (κ2) is 5.58. The molecule has 0 aromatic heterocycles. The minimum atomic E-state index is -4.20. The highest BCUT2D eigenvalue weighted by atomic mass is 32.2. The molecule has 2 N–H and O–H groups in total. The number of hydrogen-bond acceptors (Lipinski definition) is 8. The molecular weight excluding hydrogens is 342 g/mol. The van der Waals surface area contributed by atoms with E-state index in [0.717, 1.165) is 0 Å². The molecule has 0 saturated carbocycles. The fourth-order valence-electron chi connectivity index (χ4n) is 3.65. The fraction of sp³-hybridized carbons (Fsp3) is 1.00. The Kier molecular flexibility index (Phi) is 4.29. The monoisotopic (exact) mass is 367 g/mol. The van der Waals surface area contributed by atoms with Crippen molar-refractivity contribution < 1.29 is 36.3 Å². The van der Waals surface area contributed by atoms with Gasteiger partial charge >= 0.3 is 10.3 Å². The van der Waals surface area contributed by atoms with Crippen molar-refractivity contribution in [3.63, 3.8) is 0 Å². The highest BCUT2D eigenvalue weighted by Gasteiger charge is 2.68. The first kappa shape index (κ1) is 18.5. The Morgan fingerprint density at radius 1 is 1.17 bits per heavy atom. The van der Waals surface area contributed by atoms with Crippen LogP contribution in [0.4, 0.5) is 0 Å². The van der Waals surface area contributed by atoms with Crippen LogP contribution in [0.5, 0.6) is 0 Å². The Bertz CT molecular complexity index is 606. The summed E-state index contributed by atoms with van der Waals surface area (Å²) in [5.41, 5.74) is 0. The predicted molar refractivity (Wildman–Crippen MR) is 80.8 cm³/mol. The molecule has 5 atom stereocenters. The van der Waals surface area contributed by atoms with Crippen LogP contribution in [0.2, 0.25) is 0 Å². The van der Waals surface area contributed by atoms with E-state index in [4.69, 9.17) is 33.0 Å². The van der Waals surface area contributed by atoms with Gasteiger partial charge in [0, 0.05) is 0 Å². The fourth-order valence-corrected chi connectivity index (χ4v) is 4.24. The molecule has 0 radical (unpaired) electrons. The molecule has 3 fully saturated rings. The lowest BCUT2D eigenvalue weighted by atomic mass is 9.92. The van der Waals surface area contributed by atoms with Gasteiger partial charge in [0.25, 0.3) is 0 Å². The average Bonchev–Trinajstić information content (AvgIpc) is 2.86. The summed E-state index contributed by atoms with van der Waals surface area (Å²) in [6.07, 6.45) is -2.24. The maximum Gasteiger partial charge on any atom is 0.333 e. The molecule has 3 rings (SSSR count). The van der Waals surface area contributed by atoms with Gasteiger partial charge in [-0.3, -0.25) is 0 Å². The van der Waals surface area contributed by atoms with Crippen LogP contribution in [0.25, 0.3) is 0 Å². The molecule has 9 nitrogen and oxygen atoms in total. The molecule has 0 aromatic rings. The Balaban J connectivity index is 1.97. The summed E-state index contributed by atoms with van der Waals surface area (Å²) >= 11 is 0. The molecule has 24 heavy (non-hydrogen) atoms. The molecule has 0 amide bonds. The van der Waals surface area contributed by atoms with Crippen LogP contribution >= 0.6 is 0 Å². The zero-order valence-corrected chi connectivity index (χ0v) is 15.3. The van der Waals surface area contributed by atoms with Crippen molar-refractivity contribution >= 4 is 10.3 Å². The number of rotatable bonds is 4. The maximum absolute atomic E-state index is 11.5. The number of ether oxygens (including phenoxy) is 5. The van der Waals surface area contributed by atoms with Gasteiger partial charge in [-0.1, -0.05) is 6.92 Å². The van der Waals surface area contributed by atoms with Crippen molar-refractivity contribution in [1.82, 2.24) is 0 Å². The van der Waals surface area contributed by atoms with E-state index < -0.39 is 46.0 Å². The van der Waals surface area contributed by atoms with Gasteiger partial charge in [-0.2, -0.15) is 8.42 Å². The van der Waals surface area contributed by atoms with E-state index >= 15 is 0 Å². The molecule has 140 valence electrons. The molecule has 3 aliphatic heterocycles. The van der Waals surface area contributed by atoms with Crippen LogP contribution in [0.15, 0.2) is 0 Å². The molecule has 3 heterocycles. The quantitative estimate of drug-likeness (QED) is 0.758. The van der Waals surface area contributed by atoms with Gasteiger partial charge in [-0.05, 0) is 34.1 Å². The lowest BCUT2D eigenvalue weighted by molar-refractivity contribution is -0.313. The summed E-state index contributed by atoms with van der Waals surface area (Å²) in [6, 6.07) is 0. The van der Waals surface area contributed by atoms with Crippen molar-refractivity contribution in [3.8, 4) is 0 Å². The Labute approximate surface area is 141 Å². The highest BCUT2D eigenvalue weighted by Crippen LogP contribution is 2.50. The van der Waals surface area contributed by atoms with Gasteiger partial charge in [0.1, 0.15) is 24.4 Å². The average molecular weight is 367 g/mol. The topological polar surface area (TPSA) is 116 Å². The molecule has 0 unspecified atom stereocenters. The molecule has 10 heteroatoms. The van der Waals surface area contributed by atoms with E-state index in [2.05, 4.69) is 0 Å². The highest BCUT2D eigenvalue weighted by molar-refractivity contribution is 7.84. The smallest absolute Gasteiger partial charge is 0.333 e. The Hall–Kier alpha value is -0.330. The molecule has 3 saturated heterocycles. The summed E-state index contributed by atoms with van der Waals surface area (Å²) in [7, 11) is -4.20. The first-order valence-corrected chi connectivity index (χ1v) is 9.43. The zero-order valence-electron chi connectivity index (χ0n) is 14.5. The minimum absolute atomic E-state index is 0.161. The van der Waals surface area contributed by atoms with Crippen molar-refractivity contribution in [2.75, 3.05) is 6.61 Å². The maximum atomic E-state index is 11.5. The zero-order chi connectivity index (χ0) is 18.0. The Morgan fingerprint density at radius 2 is 1.83 bits per heavy atom. The molecule has 0 aliphatic carbocycles. The molecule has 0 aromatic carbocycles. The summed E-state index contributed by atoms with van der Waals surface area (Å²) in [6.45, 7) is 8.94. The number of hydrogen-bond donors (Lipinski definition) is 1. The Morgan fingerprint density at radius 3 is 2.42 bits per heavy atom. The minimum Gasteiger partial charge on any atom is -0.342 e. The summed E-state index contributed by atoms with van der Waals surface area (Å²) in [5.74, 6) is -3.26. The normalized spacial score (nSPS) is 41.7. The van der Waals surface area contributed by atoms with Crippen LogP contribution in [-0.4, -0.2) is 56.8 Å². The third kappa shape index (κ3) is 3.21. The van der Waals surface area contributed by atoms with E-state index in [1.54, 1.807) is 34.6 Å². The van der Waals surface area contributed by atoms with Crippen LogP contribution in [0.3, 0.4) is 0 Å². The van der Waals surface area contributed by atoms with E-state index in [1.165, 1.54) is 0 Å². The standard InChI is InChI=1S/C14H25NO8S/c1-6-9(22-24(15,16)17)14-11(21-13(4,5)23-14)10-8(7-18-14)19-12(2,3)20-10/h8-11H,6-7H2,1-5H3,(H2,15,16,17)/t8-,9-,10-,11+,14+/m1/s1. The van der Waals surface area contributed by atoms with Crippen molar-refractivity contribution in [2.24, 2.45) is 5.14 Å². The second-order valence-corrected chi connectivity index (χ2v) is 8.38. The summed E-state index contributed by atoms with van der Waals surface area (Å²) in [5, 5.41) is 5.06. The lowest BCUT2D eigenvalue weighted by Crippen LogP contribution is -2.64. The second-order valence-electron chi connectivity index (χ2n) is 7.20. The van der Waals surface area contributed by atoms with Crippen LogP contribution < -0.4 is 5.14 Å². The number of fused-ring (bicyclic) bond motifs is 3. The van der Waals surface area contributed by atoms with E-state index in [1.807, 2.05) is 0 Å². The van der Waals surface area contributed by atoms with E-state index in [9.17, 15) is 8.42 Å². The SMILES string of the molecule is CC[C@@H](OS(N)(=O)=O)[C@@]12OC[C@H]3OC(C)(C)O[C@H]3[C@@H]1OC(C)(C)O2. The van der Waals surface area contributed by atoms with Gasteiger partial charge in [0.15, 0.2) is 11.6 Å². The third-order valence-electron chi connectivity index (χ3n) is 4.28. The predicted octanol–water partition coefficient (Wildman–Crippen LogP) is 0.383. The van der Waals surface area contributed by atoms with Crippen molar-refractivity contribution in [3.05, 3.63) is 0 Å². The van der Waals surface area contributed by atoms with Gasteiger partial charge in [0.2, 0.25) is 5.79 Å². The summed E-state index contributed by atoms with van der Waals surface area (Å²) in [4.78, 5) is 0. The molecule has 3 aliphatic rings. The van der Waals surface area contributed by atoms with Crippen molar-refractivity contribution in [1.29, 1.82) is 0 Å². The first-order chi connectivity index (χ1) is 10.9. The first-order valence-electron chi connectivity index (χ1n) is 7.96. The van der Waals surface area contributed by atoms with Gasteiger partial charge in [-0.15, -0.1) is 0 Å². The van der Waals surface area contributed by atoms with Crippen LogP contribution in [0, 0.1) is 0 Å². The van der Waals surface area contributed by atoms with Gasteiger partial charge in [0.05, 0.1) is 6.61 Å². The largest absolute Gasteiger partial charge is 0.342 e. The van der Waals surface area contributed by atoms with Crippen LogP contribution in [-0.2, 0) is 38.2 Å². The summed E-state index contributed by atoms with van der Waals surface area (Å²) < 4.78 is 57.7. The number of nitrogens with two attached hydrogens (primary N) is 1. The van der Waals surface area contributed by atoms with E-state index in [-0.39, 0.29) is 19.1 Å². The molecular formula is C14H25NO8S.